The van der Waals surface area contributed by atoms with E-state index in [0.717, 1.165) is 0 Å². The summed E-state index contributed by atoms with van der Waals surface area (Å²) in [5.41, 5.74) is 0.653. The van der Waals surface area contributed by atoms with Crippen LogP contribution in [0.15, 0.2) is 28.6 Å². The van der Waals surface area contributed by atoms with E-state index in [4.69, 9.17) is 9.47 Å². The van der Waals surface area contributed by atoms with Gasteiger partial charge >= 0.3 is 5.97 Å². The summed E-state index contributed by atoms with van der Waals surface area (Å²) in [6, 6.07) is 7.20. The van der Waals surface area contributed by atoms with Crippen molar-refractivity contribution >= 4 is 51.7 Å². The molecule has 0 saturated heterocycles. The van der Waals surface area contributed by atoms with Crippen LogP contribution in [-0.2, 0) is 19.1 Å². The van der Waals surface area contributed by atoms with Gasteiger partial charge in [0.2, 0.25) is 11.0 Å². The van der Waals surface area contributed by atoms with Crippen molar-refractivity contribution in [2.45, 2.75) is 17.7 Å². The fraction of sp³-hybridized carbons (Fsp3) is 0.353. The number of benzene rings is 1. The number of fused-ring (bicyclic) bond motifs is 1. The molecule has 9 nitrogen and oxygen atoms in total. The van der Waals surface area contributed by atoms with E-state index in [1.807, 2.05) is 12.1 Å². The standard InChI is InChI=1S/C17H18N4O5S2/c1-2-25-15(24)10-27-17-20-19-16(28-17)18-13(22)7-8-21-11-5-3-4-6-12(11)26-9-14(21)23/h3-6H,2,7-10H2,1H3,(H,18,19,22). The minimum atomic E-state index is -0.330. The zero-order valence-electron chi connectivity index (χ0n) is 15.0. The third kappa shape index (κ3) is 5.20. The van der Waals surface area contributed by atoms with Gasteiger partial charge in [-0.25, -0.2) is 0 Å². The van der Waals surface area contributed by atoms with Crippen molar-refractivity contribution < 1.29 is 23.9 Å². The number of hydrogen-bond donors (Lipinski definition) is 1. The number of thioether (sulfide) groups is 1. The Balaban J connectivity index is 1.50. The molecule has 3 rings (SSSR count). The van der Waals surface area contributed by atoms with Crippen molar-refractivity contribution in [1.82, 2.24) is 10.2 Å². The summed E-state index contributed by atoms with van der Waals surface area (Å²) in [7, 11) is 0. The quantitative estimate of drug-likeness (QED) is 0.390. The van der Waals surface area contributed by atoms with Gasteiger partial charge in [0.15, 0.2) is 10.9 Å². The SMILES string of the molecule is CCOC(=O)CSc1nnc(NC(=O)CCN2C(=O)COc3ccccc32)s1. The fourth-order valence-corrected chi connectivity index (χ4v) is 4.00. The van der Waals surface area contributed by atoms with Crippen LogP contribution in [0.2, 0.25) is 0 Å². The number of nitrogens with zero attached hydrogens (tertiary/aromatic N) is 3. The number of esters is 1. The Morgan fingerprint density at radius 2 is 2.18 bits per heavy atom. The van der Waals surface area contributed by atoms with Gasteiger partial charge in [0.05, 0.1) is 18.0 Å². The number of hydrogen-bond acceptors (Lipinski definition) is 9. The number of amides is 2. The summed E-state index contributed by atoms with van der Waals surface area (Å²) in [4.78, 5) is 37.2. The second-order valence-corrected chi connectivity index (χ2v) is 7.77. The van der Waals surface area contributed by atoms with Crippen LogP contribution < -0.4 is 15.0 Å². The second-order valence-electron chi connectivity index (χ2n) is 5.57. The molecule has 1 aromatic heterocycles. The van der Waals surface area contributed by atoms with Gasteiger partial charge < -0.3 is 19.7 Å². The summed E-state index contributed by atoms with van der Waals surface area (Å²) < 4.78 is 10.8. The number of aromatic nitrogens is 2. The minimum absolute atomic E-state index is 0.0456. The Morgan fingerprint density at radius 1 is 1.36 bits per heavy atom. The fourth-order valence-electron chi connectivity index (χ4n) is 2.44. The first kappa shape index (κ1) is 20.1. The molecular weight excluding hydrogens is 404 g/mol. The maximum Gasteiger partial charge on any atom is 0.316 e. The van der Waals surface area contributed by atoms with Crippen LogP contribution in [0.3, 0.4) is 0 Å². The van der Waals surface area contributed by atoms with Crippen molar-refractivity contribution in [2.75, 3.05) is 35.7 Å². The molecule has 11 heteroatoms. The van der Waals surface area contributed by atoms with Crippen LogP contribution >= 0.6 is 23.1 Å². The molecule has 0 fully saturated rings. The molecule has 0 unspecified atom stereocenters. The van der Waals surface area contributed by atoms with Crippen LogP contribution in [0.1, 0.15) is 13.3 Å². The van der Waals surface area contributed by atoms with Gasteiger partial charge in [0.25, 0.3) is 5.91 Å². The largest absolute Gasteiger partial charge is 0.482 e. The lowest BCUT2D eigenvalue weighted by Crippen LogP contribution is -2.40. The van der Waals surface area contributed by atoms with Gasteiger partial charge in [-0.05, 0) is 19.1 Å². The number of anilines is 2. The Labute approximate surface area is 169 Å². The topological polar surface area (TPSA) is 111 Å². The second kappa shape index (κ2) is 9.51. The Bertz CT molecular complexity index is 873. The predicted octanol–water partition coefficient (Wildman–Crippen LogP) is 1.95. The number of ether oxygens (including phenoxy) is 2. The smallest absolute Gasteiger partial charge is 0.316 e. The summed E-state index contributed by atoms with van der Waals surface area (Å²) in [6.07, 6.45) is 0.102. The van der Waals surface area contributed by atoms with Crippen LogP contribution in [-0.4, -0.2) is 53.5 Å². The molecule has 148 valence electrons. The molecule has 0 radical (unpaired) electrons. The zero-order valence-corrected chi connectivity index (χ0v) is 16.7. The highest BCUT2D eigenvalue weighted by molar-refractivity contribution is 8.01. The van der Waals surface area contributed by atoms with E-state index in [0.29, 0.717) is 27.5 Å². The zero-order chi connectivity index (χ0) is 19.9. The predicted molar refractivity (Wildman–Crippen MR) is 105 cm³/mol. The van der Waals surface area contributed by atoms with Crippen LogP contribution in [0.4, 0.5) is 10.8 Å². The molecule has 0 atom stereocenters. The number of carbonyl (C=O) groups is 3. The first-order valence-corrected chi connectivity index (χ1v) is 10.3. The lowest BCUT2D eigenvalue weighted by Gasteiger charge is -2.29. The molecule has 1 N–H and O–H groups in total. The molecule has 1 aliphatic rings. The van der Waals surface area contributed by atoms with Crippen molar-refractivity contribution in [3.8, 4) is 5.75 Å². The summed E-state index contributed by atoms with van der Waals surface area (Å²) in [6.45, 7) is 2.25. The van der Waals surface area contributed by atoms with Gasteiger partial charge in [-0.1, -0.05) is 35.2 Å². The van der Waals surface area contributed by atoms with Crippen molar-refractivity contribution in [3.05, 3.63) is 24.3 Å². The normalized spacial score (nSPS) is 12.9. The molecular formula is C17H18N4O5S2. The molecule has 2 heterocycles. The van der Waals surface area contributed by atoms with E-state index >= 15 is 0 Å². The number of nitrogens with one attached hydrogen (secondary N) is 1. The number of rotatable bonds is 8. The van der Waals surface area contributed by atoms with E-state index in [9.17, 15) is 14.4 Å². The van der Waals surface area contributed by atoms with Gasteiger partial charge in [-0.3, -0.25) is 14.4 Å². The summed E-state index contributed by atoms with van der Waals surface area (Å²) >= 11 is 2.37. The van der Waals surface area contributed by atoms with E-state index in [2.05, 4.69) is 15.5 Å². The Hall–Kier alpha value is -2.66. The monoisotopic (exact) mass is 422 g/mol. The van der Waals surface area contributed by atoms with Crippen molar-refractivity contribution in [3.63, 3.8) is 0 Å². The highest BCUT2D eigenvalue weighted by Gasteiger charge is 2.25. The first-order chi connectivity index (χ1) is 13.6. The molecule has 2 amide bonds. The first-order valence-electron chi connectivity index (χ1n) is 8.50. The molecule has 2 aromatic rings. The summed E-state index contributed by atoms with van der Waals surface area (Å²) in [5.74, 6) is -0.0526. The average Bonchev–Trinajstić information content (AvgIpc) is 3.13. The third-order valence-electron chi connectivity index (χ3n) is 3.64. The number of para-hydroxylation sites is 2. The summed E-state index contributed by atoms with van der Waals surface area (Å²) in [5, 5.41) is 10.8. The molecule has 0 bridgehead atoms. The van der Waals surface area contributed by atoms with E-state index < -0.39 is 0 Å². The van der Waals surface area contributed by atoms with Gasteiger partial charge in [-0.15, -0.1) is 10.2 Å². The molecule has 0 saturated carbocycles. The molecule has 1 aliphatic heterocycles. The van der Waals surface area contributed by atoms with E-state index in [-0.39, 0.29) is 43.1 Å². The third-order valence-corrected chi connectivity index (χ3v) is 5.59. The molecule has 0 spiro atoms. The van der Waals surface area contributed by atoms with E-state index in [1.54, 1.807) is 24.0 Å². The molecule has 28 heavy (non-hydrogen) atoms. The van der Waals surface area contributed by atoms with Crippen LogP contribution in [0.25, 0.3) is 0 Å². The lowest BCUT2D eigenvalue weighted by molar-refractivity contribution is -0.139. The van der Waals surface area contributed by atoms with Gasteiger partial charge in [0.1, 0.15) is 5.75 Å². The lowest BCUT2D eigenvalue weighted by atomic mass is 10.2. The number of carbonyl (C=O) groups excluding carboxylic acids is 3. The maximum atomic E-state index is 12.2. The van der Waals surface area contributed by atoms with Gasteiger partial charge in [0, 0.05) is 13.0 Å². The van der Waals surface area contributed by atoms with Crippen molar-refractivity contribution in [1.29, 1.82) is 0 Å². The van der Waals surface area contributed by atoms with Crippen LogP contribution in [0, 0.1) is 0 Å². The highest BCUT2D eigenvalue weighted by atomic mass is 32.2. The highest BCUT2D eigenvalue weighted by Crippen LogP contribution is 2.31. The average molecular weight is 422 g/mol. The Morgan fingerprint density at radius 3 is 3.00 bits per heavy atom. The van der Waals surface area contributed by atoms with Gasteiger partial charge in [-0.2, -0.15) is 0 Å². The maximum absolute atomic E-state index is 12.2. The van der Waals surface area contributed by atoms with Crippen molar-refractivity contribution in [2.24, 2.45) is 0 Å². The van der Waals surface area contributed by atoms with E-state index in [1.165, 1.54) is 23.1 Å². The van der Waals surface area contributed by atoms with Crippen LogP contribution in [0.5, 0.6) is 5.75 Å². The Kier molecular flexibility index (Phi) is 6.82. The molecule has 1 aromatic carbocycles. The minimum Gasteiger partial charge on any atom is -0.482 e. The molecule has 0 aliphatic carbocycles.